The largest absolute Gasteiger partial charge is 0.475 e. The molecule has 4 nitrogen and oxygen atoms in total. The Balaban J connectivity index is 1.91. The number of rotatable bonds is 5. The number of hydrogen-bond acceptors (Lipinski definition) is 4. The second-order valence-corrected chi connectivity index (χ2v) is 5.51. The predicted molar refractivity (Wildman–Crippen MR) is 77.8 cm³/mol. The molecule has 0 radical (unpaired) electrons. The maximum atomic E-state index is 6.19. The Morgan fingerprint density at radius 1 is 1.53 bits per heavy atom. The highest BCUT2D eigenvalue weighted by Gasteiger charge is 2.20. The van der Waals surface area contributed by atoms with Gasteiger partial charge in [-0.15, -0.1) is 0 Å². The van der Waals surface area contributed by atoms with Crippen LogP contribution in [0.5, 0.6) is 5.88 Å². The Hall–Kier alpha value is -0.840. The molecule has 1 saturated heterocycles. The Morgan fingerprint density at radius 2 is 2.37 bits per heavy atom. The lowest BCUT2D eigenvalue weighted by Crippen LogP contribution is -2.40. The van der Waals surface area contributed by atoms with Crippen molar-refractivity contribution in [2.45, 2.75) is 31.8 Å². The molecule has 1 N–H and O–H groups in total. The van der Waals surface area contributed by atoms with Crippen molar-refractivity contribution in [3.05, 3.63) is 22.8 Å². The zero-order valence-corrected chi connectivity index (χ0v) is 12.4. The van der Waals surface area contributed by atoms with Gasteiger partial charge in [0.25, 0.3) is 0 Å². The summed E-state index contributed by atoms with van der Waals surface area (Å²) in [6, 6.07) is 2.38. The molecule has 2 heterocycles. The molecule has 2 rings (SSSR count). The van der Waals surface area contributed by atoms with Crippen LogP contribution < -0.4 is 10.1 Å². The molecule has 1 aromatic rings. The molecule has 0 saturated carbocycles. The van der Waals surface area contributed by atoms with Gasteiger partial charge >= 0.3 is 0 Å². The Kier molecular flexibility index (Phi) is 5.43. The third kappa shape index (κ3) is 4.06. The number of piperidine rings is 1. The predicted octanol–water partition coefficient (Wildman–Crippen LogP) is 2.32. The van der Waals surface area contributed by atoms with E-state index >= 15 is 0 Å². The van der Waals surface area contributed by atoms with Crippen LogP contribution in [0, 0.1) is 0 Å². The minimum absolute atomic E-state index is 0.476. The van der Waals surface area contributed by atoms with Crippen molar-refractivity contribution in [1.82, 2.24) is 15.2 Å². The molecule has 5 heteroatoms. The van der Waals surface area contributed by atoms with Gasteiger partial charge < -0.3 is 15.0 Å². The van der Waals surface area contributed by atoms with E-state index in [4.69, 9.17) is 16.3 Å². The molecule has 1 aliphatic heterocycles. The molecule has 1 fully saturated rings. The van der Waals surface area contributed by atoms with Crippen LogP contribution in [0.25, 0.3) is 0 Å². The minimum atomic E-state index is 0.476. The highest BCUT2D eigenvalue weighted by atomic mass is 35.5. The van der Waals surface area contributed by atoms with Crippen molar-refractivity contribution in [1.29, 1.82) is 0 Å². The van der Waals surface area contributed by atoms with E-state index in [0.717, 1.165) is 18.7 Å². The van der Waals surface area contributed by atoms with Crippen LogP contribution in [0.15, 0.2) is 12.3 Å². The Bertz CT molecular complexity index is 414. The number of aromatic nitrogens is 1. The van der Waals surface area contributed by atoms with Crippen molar-refractivity contribution < 1.29 is 4.74 Å². The van der Waals surface area contributed by atoms with Crippen LogP contribution in [-0.4, -0.2) is 43.2 Å². The maximum absolute atomic E-state index is 6.19. The van der Waals surface area contributed by atoms with Crippen molar-refractivity contribution in [3.8, 4) is 5.88 Å². The Labute approximate surface area is 120 Å². The number of likely N-dealkylation sites (tertiary alicyclic amines) is 1. The summed E-state index contributed by atoms with van der Waals surface area (Å²) >= 11 is 6.19. The van der Waals surface area contributed by atoms with Crippen molar-refractivity contribution >= 4 is 11.6 Å². The molecule has 1 atom stereocenters. The molecule has 1 unspecified atom stereocenters. The number of nitrogens with zero attached hydrogens (tertiary/aromatic N) is 2. The lowest BCUT2D eigenvalue weighted by molar-refractivity contribution is 0.122. The molecule has 1 aromatic heterocycles. The summed E-state index contributed by atoms with van der Waals surface area (Å²) in [5, 5.41) is 3.66. The number of halogens is 1. The van der Waals surface area contributed by atoms with E-state index in [9.17, 15) is 0 Å². The SMILES string of the molecule is CNCc1cnc(OCC2CCCCN2C)c(Cl)c1. The van der Waals surface area contributed by atoms with Gasteiger partial charge in [0.05, 0.1) is 0 Å². The van der Waals surface area contributed by atoms with Crippen LogP contribution in [0.1, 0.15) is 24.8 Å². The highest BCUT2D eigenvalue weighted by molar-refractivity contribution is 6.31. The van der Waals surface area contributed by atoms with E-state index in [0.29, 0.717) is 23.6 Å². The number of ether oxygens (including phenoxy) is 1. The van der Waals surface area contributed by atoms with Crippen LogP contribution in [0.3, 0.4) is 0 Å². The van der Waals surface area contributed by atoms with Crippen molar-refractivity contribution in [3.63, 3.8) is 0 Å². The van der Waals surface area contributed by atoms with Gasteiger partial charge in [0, 0.05) is 18.8 Å². The van der Waals surface area contributed by atoms with E-state index in [1.165, 1.54) is 19.3 Å². The minimum Gasteiger partial charge on any atom is -0.475 e. The summed E-state index contributed by atoms with van der Waals surface area (Å²) in [5.41, 5.74) is 1.06. The molecule has 0 spiro atoms. The summed E-state index contributed by atoms with van der Waals surface area (Å²) < 4.78 is 5.77. The summed E-state index contributed by atoms with van der Waals surface area (Å²) in [5.74, 6) is 0.542. The van der Waals surface area contributed by atoms with Gasteiger partial charge in [0.2, 0.25) is 5.88 Å². The monoisotopic (exact) mass is 283 g/mol. The van der Waals surface area contributed by atoms with Gasteiger partial charge in [-0.3, -0.25) is 0 Å². The van der Waals surface area contributed by atoms with Crippen molar-refractivity contribution in [2.24, 2.45) is 0 Å². The van der Waals surface area contributed by atoms with Gasteiger partial charge in [-0.1, -0.05) is 18.0 Å². The smallest absolute Gasteiger partial charge is 0.232 e. The molecule has 19 heavy (non-hydrogen) atoms. The fourth-order valence-corrected chi connectivity index (χ4v) is 2.65. The molecule has 0 aliphatic carbocycles. The third-order valence-corrected chi connectivity index (χ3v) is 3.85. The first-order valence-electron chi connectivity index (χ1n) is 6.82. The maximum Gasteiger partial charge on any atom is 0.232 e. The summed E-state index contributed by atoms with van der Waals surface area (Å²) in [6.07, 6.45) is 5.56. The van der Waals surface area contributed by atoms with Crippen LogP contribution in [0.2, 0.25) is 5.02 Å². The zero-order valence-electron chi connectivity index (χ0n) is 11.7. The van der Waals surface area contributed by atoms with Gasteiger partial charge in [0.1, 0.15) is 11.6 Å². The lowest BCUT2D eigenvalue weighted by Gasteiger charge is -2.32. The van der Waals surface area contributed by atoms with Gasteiger partial charge in [0.15, 0.2) is 0 Å². The van der Waals surface area contributed by atoms with Gasteiger partial charge in [-0.05, 0) is 45.1 Å². The third-order valence-electron chi connectivity index (χ3n) is 3.58. The summed E-state index contributed by atoms with van der Waals surface area (Å²) in [7, 11) is 4.05. The fraction of sp³-hybridized carbons (Fsp3) is 0.643. The average molecular weight is 284 g/mol. The van der Waals surface area contributed by atoms with E-state index in [-0.39, 0.29) is 0 Å². The average Bonchev–Trinajstić information content (AvgIpc) is 2.40. The fourth-order valence-electron chi connectivity index (χ4n) is 2.40. The molecular formula is C14H22ClN3O. The zero-order chi connectivity index (χ0) is 13.7. The van der Waals surface area contributed by atoms with Crippen LogP contribution >= 0.6 is 11.6 Å². The molecule has 0 aromatic carbocycles. The number of pyridine rings is 1. The molecule has 1 aliphatic rings. The first-order chi connectivity index (χ1) is 9.20. The number of likely N-dealkylation sites (N-methyl/N-ethyl adjacent to an activating group) is 1. The molecule has 0 amide bonds. The Morgan fingerprint density at radius 3 is 3.05 bits per heavy atom. The van der Waals surface area contributed by atoms with Gasteiger partial charge in [-0.2, -0.15) is 0 Å². The van der Waals surface area contributed by atoms with Crippen LogP contribution in [0.4, 0.5) is 0 Å². The molecule has 0 bridgehead atoms. The first-order valence-corrected chi connectivity index (χ1v) is 7.20. The number of nitrogens with one attached hydrogen (secondary N) is 1. The van der Waals surface area contributed by atoms with Crippen LogP contribution in [-0.2, 0) is 6.54 Å². The van der Waals surface area contributed by atoms with Gasteiger partial charge in [-0.25, -0.2) is 4.98 Å². The van der Waals surface area contributed by atoms with E-state index in [1.54, 1.807) is 0 Å². The lowest BCUT2D eigenvalue weighted by atomic mass is 10.0. The molecule has 106 valence electrons. The highest BCUT2D eigenvalue weighted by Crippen LogP contribution is 2.24. The van der Waals surface area contributed by atoms with E-state index < -0.39 is 0 Å². The second kappa shape index (κ2) is 7.08. The first kappa shape index (κ1) is 14.6. The normalized spacial score (nSPS) is 20.5. The van der Waals surface area contributed by atoms with Crippen molar-refractivity contribution in [2.75, 3.05) is 27.2 Å². The van der Waals surface area contributed by atoms with E-state index in [2.05, 4.69) is 22.2 Å². The topological polar surface area (TPSA) is 37.4 Å². The quantitative estimate of drug-likeness (QED) is 0.900. The second-order valence-electron chi connectivity index (χ2n) is 5.10. The number of hydrogen-bond donors (Lipinski definition) is 1. The summed E-state index contributed by atoms with van der Waals surface area (Å²) in [4.78, 5) is 6.65. The summed E-state index contributed by atoms with van der Waals surface area (Å²) in [6.45, 7) is 2.57. The van der Waals surface area contributed by atoms with E-state index in [1.807, 2.05) is 19.3 Å². The molecular weight excluding hydrogens is 262 g/mol. The standard InChI is InChI=1S/C14H22ClN3O/c1-16-8-11-7-13(15)14(17-9-11)19-10-12-5-3-4-6-18(12)2/h7,9,12,16H,3-6,8,10H2,1-2H3.